The Morgan fingerprint density at radius 1 is 1.16 bits per heavy atom. The van der Waals surface area contributed by atoms with Gasteiger partial charge in [-0.05, 0) is 32.0 Å². The van der Waals surface area contributed by atoms with Crippen LogP contribution in [0.25, 0.3) is 21.8 Å². The van der Waals surface area contributed by atoms with Gasteiger partial charge in [0.05, 0.1) is 18.9 Å². The first-order valence-corrected chi connectivity index (χ1v) is 8.68. The zero-order valence-corrected chi connectivity index (χ0v) is 14.6. The molecular weight excluding hydrogens is 342 g/mol. The van der Waals surface area contributed by atoms with Crippen molar-refractivity contribution in [1.29, 1.82) is 0 Å². The van der Waals surface area contributed by atoms with E-state index < -0.39 is 5.97 Å². The highest BCUT2D eigenvalue weighted by Crippen LogP contribution is 2.35. The number of aromatic nitrogens is 1. The summed E-state index contributed by atoms with van der Waals surface area (Å²) in [5.74, 6) is 0.166. The van der Waals surface area contributed by atoms with Crippen molar-refractivity contribution < 1.29 is 23.8 Å². The minimum absolute atomic E-state index is 0.107. The van der Waals surface area contributed by atoms with E-state index in [-0.39, 0.29) is 5.76 Å². The van der Waals surface area contributed by atoms with Crippen LogP contribution in [0.1, 0.15) is 24.4 Å². The van der Waals surface area contributed by atoms with E-state index >= 15 is 0 Å². The van der Waals surface area contributed by atoms with Crippen LogP contribution in [0.3, 0.4) is 0 Å². The lowest BCUT2D eigenvalue weighted by atomic mass is 10.2. The summed E-state index contributed by atoms with van der Waals surface area (Å²) in [5.41, 5.74) is 2.21. The van der Waals surface area contributed by atoms with E-state index in [0.717, 1.165) is 10.6 Å². The quantitative estimate of drug-likeness (QED) is 0.666. The van der Waals surface area contributed by atoms with Crippen LogP contribution < -0.4 is 9.47 Å². The first-order chi connectivity index (χ1) is 12.1. The molecule has 1 N–H and O–H groups in total. The van der Waals surface area contributed by atoms with Crippen LogP contribution >= 0.6 is 11.3 Å². The molecule has 0 amide bonds. The number of rotatable bonds is 7. The average molecular weight is 359 g/mol. The minimum atomic E-state index is -1.10. The molecule has 6 nitrogen and oxygen atoms in total. The third-order valence-electron chi connectivity index (χ3n) is 3.40. The molecule has 0 aliphatic carbocycles. The van der Waals surface area contributed by atoms with Crippen molar-refractivity contribution in [2.24, 2.45) is 0 Å². The van der Waals surface area contributed by atoms with E-state index in [9.17, 15) is 4.79 Å². The van der Waals surface area contributed by atoms with Gasteiger partial charge in [-0.25, -0.2) is 9.78 Å². The molecule has 3 rings (SSSR count). The van der Waals surface area contributed by atoms with Crippen molar-refractivity contribution in [3.05, 3.63) is 41.7 Å². The first-order valence-electron chi connectivity index (χ1n) is 7.80. The highest BCUT2D eigenvalue weighted by Gasteiger charge is 2.14. The van der Waals surface area contributed by atoms with Crippen molar-refractivity contribution in [3.8, 4) is 33.3 Å². The van der Waals surface area contributed by atoms with Gasteiger partial charge in [0.1, 0.15) is 11.3 Å². The Hall–Kier alpha value is -2.80. The molecule has 1 aromatic carbocycles. The molecule has 0 unspecified atom stereocenters. The summed E-state index contributed by atoms with van der Waals surface area (Å²) >= 11 is 1.46. The Bertz CT molecular complexity index is 883. The van der Waals surface area contributed by atoms with Gasteiger partial charge in [-0.2, -0.15) is 0 Å². The summed E-state index contributed by atoms with van der Waals surface area (Å²) in [6, 6.07) is 7.15. The van der Waals surface area contributed by atoms with Crippen LogP contribution in [0.4, 0.5) is 0 Å². The minimum Gasteiger partial charge on any atom is -0.490 e. The molecule has 2 aromatic heterocycles. The molecule has 0 radical (unpaired) electrons. The predicted octanol–water partition coefficient (Wildman–Crippen LogP) is 4.57. The molecule has 7 heteroatoms. The summed E-state index contributed by atoms with van der Waals surface area (Å²) in [6.45, 7) is 4.95. The lowest BCUT2D eigenvalue weighted by Crippen LogP contribution is -1.98. The molecule has 0 aliphatic rings. The third kappa shape index (κ3) is 3.66. The smallest absolute Gasteiger partial charge is 0.371 e. The number of thiazole rings is 1. The number of hydrogen-bond acceptors (Lipinski definition) is 6. The fourth-order valence-electron chi connectivity index (χ4n) is 2.31. The summed E-state index contributed by atoms with van der Waals surface area (Å²) in [6.07, 6.45) is 1.39. The fraction of sp³-hybridized carbons (Fsp3) is 0.222. The zero-order valence-electron chi connectivity index (χ0n) is 13.8. The lowest BCUT2D eigenvalue weighted by molar-refractivity contribution is 0.0662. The van der Waals surface area contributed by atoms with Gasteiger partial charge >= 0.3 is 5.97 Å². The van der Waals surface area contributed by atoms with Crippen molar-refractivity contribution in [2.45, 2.75) is 13.8 Å². The SMILES string of the molecule is CCOc1ccc(-c2nc(-c3coc(C(=O)O)c3)cs2)cc1OCC. The predicted molar refractivity (Wildman–Crippen MR) is 94.5 cm³/mol. The highest BCUT2D eigenvalue weighted by atomic mass is 32.1. The second-order valence-corrected chi connectivity index (χ2v) is 5.93. The van der Waals surface area contributed by atoms with Crippen LogP contribution in [0.15, 0.2) is 40.3 Å². The molecule has 0 saturated heterocycles. The Morgan fingerprint density at radius 2 is 1.92 bits per heavy atom. The number of hydrogen-bond donors (Lipinski definition) is 1. The highest BCUT2D eigenvalue weighted by molar-refractivity contribution is 7.13. The van der Waals surface area contributed by atoms with Gasteiger partial charge < -0.3 is 19.0 Å². The second-order valence-electron chi connectivity index (χ2n) is 5.07. The van der Waals surface area contributed by atoms with Gasteiger partial charge in [0.2, 0.25) is 5.76 Å². The number of benzene rings is 1. The Balaban J connectivity index is 1.90. The number of aromatic carboxylic acids is 1. The summed E-state index contributed by atoms with van der Waals surface area (Å²) in [5, 5.41) is 11.6. The van der Waals surface area contributed by atoms with Gasteiger partial charge in [-0.3, -0.25) is 0 Å². The Labute approximate surface area is 148 Å². The van der Waals surface area contributed by atoms with Crippen LogP contribution in [-0.4, -0.2) is 29.3 Å². The molecular formula is C18H17NO5S. The fourth-order valence-corrected chi connectivity index (χ4v) is 3.13. The zero-order chi connectivity index (χ0) is 17.8. The van der Waals surface area contributed by atoms with Gasteiger partial charge in [-0.1, -0.05) is 0 Å². The van der Waals surface area contributed by atoms with E-state index in [2.05, 4.69) is 4.98 Å². The van der Waals surface area contributed by atoms with E-state index in [4.69, 9.17) is 19.0 Å². The van der Waals surface area contributed by atoms with Gasteiger partial charge in [0.25, 0.3) is 0 Å². The van der Waals surface area contributed by atoms with Crippen molar-refractivity contribution >= 4 is 17.3 Å². The topological polar surface area (TPSA) is 81.8 Å². The summed E-state index contributed by atoms with van der Waals surface area (Å²) in [4.78, 5) is 15.5. The number of furan rings is 1. The van der Waals surface area contributed by atoms with Crippen molar-refractivity contribution in [3.63, 3.8) is 0 Å². The lowest BCUT2D eigenvalue weighted by Gasteiger charge is -2.11. The third-order valence-corrected chi connectivity index (χ3v) is 4.29. The Morgan fingerprint density at radius 3 is 2.60 bits per heavy atom. The molecule has 25 heavy (non-hydrogen) atoms. The van der Waals surface area contributed by atoms with Gasteiger partial charge in [0.15, 0.2) is 11.5 Å². The van der Waals surface area contributed by atoms with Crippen LogP contribution in [-0.2, 0) is 0 Å². The molecule has 0 fully saturated rings. The summed E-state index contributed by atoms with van der Waals surface area (Å²) < 4.78 is 16.2. The maximum absolute atomic E-state index is 10.9. The van der Waals surface area contributed by atoms with Crippen molar-refractivity contribution in [2.75, 3.05) is 13.2 Å². The molecule has 0 spiro atoms. The van der Waals surface area contributed by atoms with Crippen molar-refractivity contribution in [1.82, 2.24) is 4.98 Å². The van der Waals surface area contributed by atoms with E-state index in [1.54, 1.807) is 0 Å². The number of nitrogens with zero attached hydrogens (tertiary/aromatic N) is 1. The Kier molecular flexibility index (Phi) is 5.04. The largest absolute Gasteiger partial charge is 0.490 e. The molecule has 3 aromatic rings. The van der Waals surface area contributed by atoms with E-state index in [1.165, 1.54) is 23.7 Å². The number of carboxylic acid groups (broad SMARTS) is 1. The maximum Gasteiger partial charge on any atom is 0.371 e. The maximum atomic E-state index is 10.9. The van der Waals surface area contributed by atoms with Gasteiger partial charge in [0, 0.05) is 22.6 Å². The molecule has 0 bridgehead atoms. The second kappa shape index (κ2) is 7.40. The monoisotopic (exact) mass is 359 g/mol. The number of carbonyl (C=O) groups is 1. The summed E-state index contributed by atoms with van der Waals surface area (Å²) in [7, 11) is 0. The van der Waals surface area contributed by atoms with Crippen LogP contribution in [0, 0.1) is 0 Å². The molecule has 0 aliphatic heterocycles. The molecule has 0 saturated carbocycles. The van der Waals surface area contributed by atoms with Gasteiger partial charge in [-0.15, -0.1) is 11.3 Å². The number of ether oxygens (including phenoxy) is 2. The normalized spacial score (nSPS) is 10.6. The standard InChI is InChI=1S/C18H17NO5S/c1-3-22-14-6-5-11(7-15(14)23-4-2)17-19-13(10-25-17)12-8-16(18(20)21)24-9-12/h5-10H,3-4H2,1-2H3,(H,20,21). The number of carboxylic acids is 1. The van der Waals surface area contributed by atoms with E-state index in [0.29, 0.717) is 36.0 Å². The first kappa shape index (κ1) is 17.0. The van der Waals surface area contributed by atoms with Crippen LogP contribution in [0.2, 0.25) is 0 Å². The molecule has 130 valence electrons. The average Bonchev–Trinajstić information content (AvgIpc) is 3.26. The molecule has 2 heterocycles. The van der Waals surface area contributed by atoms with E-state index in [1.807, 2.05) is 37.4 Å². The molecule has 0 atom stereocenters. The van der Waals surface area contributed by atoms with Crippen LogP contribution in [0.5, 0.6) is 11.5 Å².